The van der Waals surface area contributed by atoms with Crippen LogP contribution in [-0.2, 0) is 19.2 Å². The third-order valence-corrected chi connectivity index (χ3v) is 20.8. The average molecular weight is 1120 g/mol. The van der Waals surface area contributed by atoms with Crippen LogP contribution in [0.2, 0.25) is 0 Å². The summed E-state index contributed by atoms with van der Waals surface area (Å²) < 4.78 is 0. The van der Waals surface area contributed by atoms with Crippen molar-refractivity contribution in [3.05, 3.63) is 0 Å². The highest BCUT2D eigenvalue weighted by Crippen LogP contribution is 2.47. The molecule has 6 heteroatoms. The number of nitrogens with one attached hydrogen (secondary N) is 2. The molecule has 6 unspecified atom stereocenters. The van der Waals surface area contributed by atoms with E-state index in [0.29, 0.717) is 36.2 Å². The first-order valence-corrected chi connectivity index (χ1v) is 36.8. The van der Waals surface area contributed by atoms with Crippen molar-refractivity contribution in [1.82, 2.24) is 10.6 Å². The van der Waals surface area contributed by atoms with Gasteiger partial charge in [0.15, 0.2) is 0 Å². The van der Waals surface area contributed by atoms with Gasteiger partial charge in [0, 0.05) is 49.6 Å². The summed E-state index contributed by atoms with van der Waals surface area (Å²) in [6.07, 6.45) is 64.8. The summed E-state index contributed by atoms with van der Waals surface area (Å²) in [6, 6.07) is 0.128. The molecule has 468 valence electrons. The van der Waals surface area contributed by atoms with Crippen LogP contribution in [0.3, 0.4) is 0 Å². The van der Waals surface area contributed by atoms with Crippen molar-refractivity contribution >= 4 is 23.4 Å². The number of Topliss-reactive ketones (excluding diaryl/α,β-unsaturated/α-hetero) is 2. The van der Waals surface area contributed by atoms with E-state index in [1.807, 2.05) is 0 Å². The summed E-state index contributed by atoms with van der Waals surface area (Å²) in [5, 5.41) is 6.90. The molecule has 3 aliphatic carbocycles. The van der Waals surface area contributed by atoms with Crippen molar-refractivity contribution in [2.75, 3.05) is 0 Å². The molecule has 0 aromatic heterocycles. The van der Waals surface area contributed by atoms with E-state index >= 15 is 0 Å². The molecule has 0 aliphatic heterocycles. The Morgan fingerprint density at radius 1 is 0.338 bits per heavy atom. The van der Waals surface area contributed by atoms with Gasteiger partial charge in [0.25, 0.3) is 0 Å². The summed E-state index contributed by atoms with van der Waals surface area (Å²) in [4.78, 5) is 54.5. The average Bonchev–Trinajstić information content (AvgIpc) is 3.46. The minimum absolute atomic E-state index is 0.0632. The molecule has 0 radical (unpaired) electrons. The molecule has 3 fully saturated rings. The van der Waals surface area contributed by atoms with Gasteiger partial charge in [-0.25, -0.2) is 0 Å². The Kier molecular flexibility index (Phi) is 44.0. The van der Waals surface area contributed by atoms with Crippen LogP contribution in [0.4, 0.5) is 0 Å². The van der Waals surface area contributed by atoms with Crippen molar-refractivity contribution in [3.63, 3.8) is 0 Å². The van der Waals surface area contributed by atoms with Crippen LogP contribution < -0.4 is 10.6 Å². The second-order valence-corrected chi connectivity index (χ2v) is 27.7. The number of hydrogen-bond donors (Lipinski definition) is 2. The monoisotopic (exact) mass is 1120 g/mol. The molecule has 0 saturated heterocycles. The predicted octanol–water partition coefficient (Wildman–Crippen LogP) is 22.2. The van der Waals surface area contributed by atoms with Gasteiger partial charge in [0.1, 0.15) is 11.6 Å². The van der Waals surface area contributed by atoms with Crippen molar-refractivity contribution in [2.24, 2.45) is 47.3 Å². The predicted molar refractivity (Wildman–Crippen MR) is 345 cm³/mol. The fourth-order valence-corrected chi connectivity index (χ4v) is 15.6. The van der Waals surface area contributed by atoms with Gasteiger partial charge in [-0.2, -0.15) is 0 Å². The van der Waals surface area contributed by atoms with Gasteiger partial charge < -0.3 is 10.6 Å². The van der Waals surface area contributed by atoms with E-state index in [9.17, 15) is 19.2 Å². The van der Waals surface area contributed by atoms with Gasteiger partial charge in [-0.3, -0.25) is 19.2 Å². The maximum absolute atomic E-state index is 13.8. The van der Waals surface area contributed by atoms with E-state index in [-0.39, 0.29) is 35.7 Å². The minimum Gasteiger partial charge on any atom is -0.351 e. The Bertz CT molecular complexity index is 1400. The molecule has 80 heavy (non-hydrogen) atoms. The maximum Gasteiger partial charge on any atom is 0.223 e. The lowest BCUT2D eigenvalue weighted by atomic mass is 9.63. The lowest BCUT2D eigenvalue weighted by molar-refractivity contribution is -0.128. The first kappa shape index (κ1) is 72.5. The summed E-state index contributed by atoms with van der Waals surface area (Å²) in [5.74, 6) is 6.06. The summed E-state index contributed by atoms with van der Waals surface area (Å²) in [5.41, 5.74) is 0. The Balaban J connectivity index is 1.53. The SMILES string of the molecule is CCCCCCCCC1CC(CCCCCCC(=O)C[C@@H]2CCCC[C@H]2CC(=O)C(CCCC)CCCCCC)C(CCCCCCC(=O)N[C@H]2CCCC[C@@H]2NC(=O)C(CCCC)CCCCCC)CC1CCCCCCCC. The second-order valence-electron chi connectivity index (χ2n) is 27.7. The molecule has 10 atom stereocenters. The van der Waals surface area contributed by atoms with Crippen molar-refractivity contribution in [1.29, 1.82) is 0 Å². The van der Waals surface area contributed by atoms with Crippen LogP contribution >= 0.6 is 0 Å². The van der Waals surface area contributed by atoms with Crippen LogP contribution in [0, 0.1) is 47.3 Å². The molecular formula is C74H138N2O4. The Morgan fingerprint density at radius 2 is 0.688 bits per heavy atom. The van der Waals surface area contributed by atoms with Crippen LogP contribution in [0.1, 0.15) is 388 Å². The molecule has 6 nitrogen and oxygen atoms in total. The van der Waals surface area contributed by atoms with E-state index in [0.717, 1.165) is 152 Å². The highest BCUT2D eigenvalue weighted by Gasteiger charge is 2.36. The van der Waals surface area contributed by atoms with Crippen molar-refractivity contribution < 1.29 is 19.2 Å². The number of unbranched alkanes of at least 4 members (excludes halogenated alkanes) is 24. The quantitative estimate of drug-likeness (QED) is 0.0594. The maximum atomic E-state index is 13.8. The van der Waals surface area contributed by atoms with Crippen LogP contribution in [-0.4, -0.2) is 35.5 Å². The fourth-order valence-electron chi connectivity index (χ4n) is 15.6. The number of carbonyl (C=O) groups excluding carboxylic acids is 4. The summed E-state index contributed by atoms with van der Waals surface area (Å²) in [6.45, 7) is 13.6. The lowest BCUT2D eigenvalue weighted by Gasteiger charge is -2.42. The van der Waals surface area contributed by atoms with Gasteiger partial charge in [-0.15, -0.1) is 0 Å². The molecule has 0 heterocycles. The zero-order valence-electron chi connectivity index (χ0n) is 54.6. The third kappa shape index (κ3) is 33.1. The fraction of sp³-hybridized carbons (Fsp3) is 0.946. The van der Waals surface area contributed by atoms with E-state index in [2.05, 4.69) is 52.2 Å². The van der Waals surface area contributed by atoms with Crippen LogP contribution in [0.5, 0.6) is 0 Å². The number of amides is 2. The van der Waals surface area contributed by atoms with Gasteiger partial charge in [0.05, 0.1) is 0 Å². The number of carbonyl (C=O) groups is 4. The van der Waals surface area contributed by atoms with E-state index in [1.165, 1.54) is 205 Å². The highest BCUT2D eigenvalue weighted by atomic mass is 16.2. The summed E-state index contributed by atoms with van der Waals surface area (Å²) >= 11 is 0. The highest BCUT2D eigenvalue weighted by molar-refractivity contribution is 5.82. The van der Waals surface area contributed by atoms with Crippen molar-refractivity contribution in [3.8, 4) is 0 Å². The molecule has 0 bridgehead atoms. The van der Waals surface area contributed by atoms with E-state index < -0.39 is 0 Å². The van der Waals surface area contributed by atoms with Crippen LogP contribution in [0.25, 0.3) is 0 Å². The molecule has 3 saturated carbocycles. The van der Waals surface area contributed by atoms with Gasteiger partial charge in [-0.1, -0.05) is 286 Å². The molecule has 2 amide bonds. The first-order valence-electron chi connectivity index (χ1n) is 36.8. The summed E-state index contributed by atoms with van der Waals surface area (Å²) in [7, 11) is 0. The molecule has 0 spiro atoms. The topological polar surface area (TPSA) is 92.3 Å². The van der Waals surface area contributed by atoms with E-state index in [1.54, 1.807) is 0 Å². The Labute approximate surface area is 498 Å². The Hall–Kier alpha value is -1.72. The number of rotatable bonds is 52. The smallest absolute Gasteiger partial charge is 0.223 e. The largest absolute Gasteiger partial charge is 0.351 e. The molecule has 0 aromatic rings. The Morgan fingerprint density at radius 3 is 1.16 bits per heavy atom. The normalized spacial score (nSPS) is 23.2. The van der Waals surface area contributed by atoms with Gasteiger partial charge in [-0.05, 0) is 113 Å². The van der Waals surface area contributed by atoms with Crippen LogP contribution in [0.15, 0.2) is 0 Å². The third-order valence-electron chi connectivity index (χ3n) is 20.8. The van der Waals surface area contributed by atoms with Crippen molar-refractivity contribution in [2.45, 2.75) is 400 Å². The number of ketones is 2. The second kappa shape index (κ2) is 48.5. The molecule has 2 N–H and O–H groups in total. The standard InChI is InChI=1S/C74H138N2O4/c1-7-13-19-23-25-33-47-63-57-65(49-35-27-29-37-53-69(77)59-67-51-39-40-52-68(67)60-72(78)61(43-17-11-5)45-31-21-15-9-3)66(58-64(63)48-34-26-24-20-14-8-2)50-36-28-30-38-56-73(79)75-70-54-41-42-55-71(70)76-74(80)62(44-18-12-6)46-32-22-16-10-4/h61-68,70-71H,7-60H2,1-6H3,(H,75,79)(H,76,80)/t61?,62?,63?,64?,65?,66?,67-,68-,70-,71-/m0/s1. The number of hydrogen-bond acceptors (Lipinski definition) is 4. The zero-order chi connectivity index (χ0) is 57.7. The molecule has 0 aromatic carbocycles. The zero-order valence-corrected chi connectivity index (χ0v) is 54.6. The molecular weight excluding hydrogens is 981 g/mol. The minimum atomic E-state index is 0.0632. The lowest BCUT2D eigenvalue weighted by Crippen LogP contribution is -2.54. The van der Waals surface area contributed by atoms with Gasteiger partial charge >= 0.3 is 0 Å². The first-order chi connectivity index (χ1) is 39.2. The molecule has 3 rings (SSSR count). The molecule has 3 aliphatic rings. The van der Waals surface area contributed by atoms with E-state index in [4.69, 9.17) is 0 Å². The van der Waals surface area contributed by atoms with Gasteiger partial charge in [0.2, 0.25) is 11.8 Å².